The molecule has 142 valence electrons. The van der Waals surface area contributed by atoms with Gasteiger partial charge in [-0.1, -0.05) is 55.8 Å². The van der Waals surface area contributed by atoms with Gasteiger partial charge in [0.15, 0.2) is 0 Å². The second-order valence-corrected chi connectivity index (χ2v) is 7.64. The lowest BCUT2D eigenvalue weighted by atomic mass is 9.82. The summed E-state index contributed by atoms with van der Waals surface area (Å²) >= 11 is 0. The molecule has 1 fully saturated rings. The molecule has 1 atom stereocenters. The lowest BCUT2D eigenvalue weighted by Gasteiger charge is -2.27. The fraction of sp³-hybridized carbons (Fsp3) is 0.478. The Kier molecular flexibility index (Phi) is 8.13. The molecule has 0 spiro atoms. The van der Waals surface area contributed by atoms with E-state index in [1.54, 1.807) is 0 Å². The minimum absolute atomic E-state index is 0.142. The minimum atomic E-state index is -0.142. The molecule has 3 rings (SSSR count). The molecule has 0 saturated heterocycles. The third kappa shape index (κ3) is 5.32. The third-order valence-electron chi connectivity index (χ3n) is 5.27. The maximum atomic E-state index is 10.6. The average molecular weight is 372 g/mol. The highest BCUT2D eigenvalue weighted by Gasteiger charge is 2.23. The van der Waals surface area contributed by atoms with E-state index in [4.69, 9.17) is 0 Å². The van der Waals surface area contributed by atoms with E-state index in [-0.39, 0.29) is 6.10 Å². The molecule has 1 aliphatic carbocycles. The molecule has 2 aromatic rings. The Bertz CT molecular complexity index is 686. The summed E-state index contributed by atoms with van der Waals surface area (Å²) in [6.45, 7) is 6.10. The SMILES string of the molecule is CC.Cc1ccc(CCc2ccc(C3CCC(O)CC3)c(P)c2O)cc1. The van der Waals surface area contributed by atoms with Gasteiger partial charge >= 0.3 is 0 Å². The summed E-state index contributed by atoms with van der Waals surface area (Å²) in [5.74, 6) is 0.883. The summed E-state index contributed by atoms with van der Waals surface area (Å²) in [5.41, 5.74) is 4.81. The third-order valence-corrected chi connectivity index (χ3v) is 5.88. The lowest BCUT2D eigenvalue weighted by molar-refractivity contribution is 0.122. The maximum absolute atomic E-state index is 10.6. The van der Waals surface area contributed by atoms with Crippen molar-refractivity contribution < 1.29 is 10.2 Å². The van der Waals surface area contributed by atoms with Crippen molar-refractivity contribution in [1.82, 2.24) is 0 Å². The number of hydrogen-bond acceptors (Lipinski definition) is 2. The molecule has 0 aliphatic heterocycles. The maximum Gasteiger partial charge on any atom is 0.126 e. The number of aliphatic hydroxyl groups excluding tert-OH is 1. The van der Waals surface area contributed by atoms with Gasteiger partial charge in [-0.3, -0.25) is 0 Å². The fourth-order valence-corrected chi connectivity index (χ4v) is 4.16. The average Bonchev–Trinajstić information content (AvgIpc) is 2.67. The summed E-state index contributed by atoms with van der Waals surface area (Å²) in [5, 5.41) is 21.2. The van der Waals surface area contributed by atoms with Crippen molar-refractivity contribution >= 4 is 14.5 Å². The Labute approximate surface area is 160 Å². The van der Waals surface area contributed by atoms with Crippen molar-refractivity contribution in [3.63, 3.8) is 0 Å². The van der Waals surface area contributed by atoms with Gasteiger partial charge in [-0.25, -0.2) is 0 Å². The zero-order valence-corrected chi connectivity index (χ0v) is 17.5. The molecule has 2 nitrogen and oxygen atoms in total. The number of aliphatic hydroxyl groups is 1. The van der Waals surface area contributed by atoms with E-state index in [9.17, 15) is 10.2 Å². The Morgan fingerprint density at radius 3 is 2.15 bits per heavy atom. The van der Waals surface area contributed by atoms with E-state index < -0.39 is 0 Å². The first-order valence-corrected chi connectivity index (χ1v) is 10.5. The Hall–Kier alpha value is -1.37. The van der Waals surface area contributed by atoms with E-state index in [0.717, 1.165) is 49.4 Å². The van der Waals surface area contributed by atoms with Crippen molar-refractivity contribution in [3.05, 3.63) is 58.7 Å². The van der Waals surface area contributed by atoms with Crippen LogP contribution in [0.25, 0.3) is 0 Å². The van der Waals surface area contributed by atoms with Crippen molar-refractivity contribution in [1.29, 1.82) is 0 Å². The highest BCUT2D eigenvalue weighted by molar-refractivity contribution is 7.28. The van der Waals surface area contributed by atoms with Gasteiger partial charge in [-0.15, -0.1) is 9.24 Å². The van der Waals surface area contributed by atoms with Crippen molar-refractivity contribution in [2.75, 3.05) is 0 Å². The normalized spacial score (nSPS) is 19.6. The van der Waals surface area contributed by atoms with Crippen LogP contribution in [0.2, 0.25) is 0 Å². The van der Waals surface area contributed by atoms with Gasteiger partial charge in [0.05, 0.1) is 6.10 Å². The molecule has 0 amide bonds. The topological polar surface area (TPSA) is 40.5 Å². The van der Waals surface area contributed by atoms with Crippen LogP contribution in [0, 0.1) is 6.92 Å². The van der Waals surface area contributed by atoms with Crippen LogP contribution in [0.5, 0.6) is 5.75 Å². The van der Waals surface area contributed by atoms with Crippen LogP contribution in [0.1, 0.15) is 67.7 Å². The second-order valence-electron chi connectivity index (χ2n) is 7.07. The summed E-state index contributed by atoms with van der Waals surface area (Å²) in [6.07, 6.45) is 5.38. The molecule has 26 heavy (non-hydrogen) atoms. The molecule has 0 radical (unpaired) electrons. The summed E-state index contributed by atoms with van der Waals surface area (Å²) in [4.78, 5) is 0. The molecular formula is C23H33O2P. The monoisotopic (exact) mass is 372 g/mol. The summed E-state index contributed by atoms with van der Waals surface area (Å²) in [7, 11) is 2.73. The van der Waals surface area contributed by atoms with Crippen LogP contribution in [-0.2, 0) is 12.8 Å². The van der Waals surface area contributed by atoms with Gasteiger partial charge < -0.3 is 10.2 Å². The highest BCUT2D eigenvalue weighted by atomic mass is 31.0. The standard InChI is InChI=1S/C21H27O2P.C2H6/c1-14-2-4-15(5-3-14)6-7-17-10-13-19(21(24)20(17)23)16-8-11-18(22)12-9-16;1-2/h2-5,10,13,16,18,22-23H,6-9,11-12,24H2,1H3;1-2H3. The van der Waals surface area contributed by atoms with Crippen LogP contribution in [0.3, 0.4) is 0 Å². The van der Waals surface area contributed by atoms with E-state index in [2.05, 4.69) is 52.6 Å². The molecule has 0 aromatic heterocycles. The van der Waals surface area contributed by atoms with Crippen LogP contribution in [0.15, 0.2) is 36.4 Å². The summed E-state index contributed by atoms with van der Waals surface area (Å²) in [6, 6.07) is 12.9. The molecule has 1 unspecified atom stereocenters. The number of hydrogen-bond donors (Lipinski definition) is 2. The van der Waals surface area contributed by atoms with E-state index in [1.165, 1.54) is 16.7 Å². The molecule has 2 N–H and O–H groups in total. The number of aryl methyl sites for hydroxylation is 3. The molecule has 1 saturated carbocycles. The van der Waals surface area contributed by atoms with E-state index in [0.29, 0.717) is 11.7 Å². The van der Waals surface area contributed by atoms with Gasteiger partial charge in [-0.05, 0) is 68.1 Å². The first-order valence-electron chi connectivity index (χ1n) is 9.88. The van der Waals surface area contributed by atoms with Crippen LogP contribution in [-0.4, -0.2) is 16.3 Å². The number of aromatic hydroxyl groups is 1. The van der Waals surface area contributed by atoms with E-state index in [1.807, 2.05) is 13.8 Å². The smallest absolute Gasteiger partial charge is 0.126 e. The highest BCUT2D eigenvalue weighted by Crippen LogP contribution is 2.35. The number of rotatable bonds is 4. The van der Waals surface area contributed by atoms with Crippen molar-refractivity contribution in [2.45, 2.75) is 71.3 Å². The lowest BCUT2D eigenvalue weighted by Crippen LogP contribution is -2.20. The Morgan fingerprint density at radius 1 is 0.923 bits per heavy atom. The van der Waals surface area contributed by atoms with Crippen LogP contribution < -0.4 is 5.30 Å². The van der Waals surface area contributed by atoms with Crippen LogP contribution in [0.4, 0.5) is 0 Å². The van der Waals surface area contributed by atoms with Gasteiger partial charge in [0.2, 0.25) is 0 Å². The largest absolute Gasteiger partial charge is 0.507 e. The minimum Gasteiger partial charge on any atom is -0.507 e. The molecule has 0 bridgehead atoms. The Balaban J connectivity index is 0.00000117. The molecular weight excluding hydrogens is 339 g/mol. The van der Waals surface area contributed by atoms with Gasteiger partial charge in [0, 0.05) is 5.30 Å². The van der Waals surface area contributed by atoms with Crippen molar-refractivity contribution in [2.24, 2.45) is 0 Å². The van der Waals surface area contributed by atoms with Gasteiger partial charge in [0.25, 0.3) is 0 Å². The second kappa shape index (κ2) is 10.1. The zero-order valence-electron chi connectivity index (χ0n) is 16.3. The number of phenolic OH excluding ortho intramolecular Hbond substituents is 1. The zero-order chi connectivity index (χ0) is 19.1. The molecule has 1 aliphatic rings. The molecule has 2 aromatic carbocycles. The molecule has 0 heterocycles. The predicted molar refractivity (Wildman–Crippen MR) is 115 cm³/mol. The number of benzene rings is 2. The van der Waals surface area contributed by atoms with E-state index >= 15 is 0 Å². The predicted octanol–water partition coefficient (Wildman–Crippen LogP) is 5.03. The van der Waals surface area contributed by atoms with Gasteiger partial charge in [-0.2, -0.15) is 0 Å². The van der Waals surface area contributed by atoms with Gasteiger partial charge in [0.1, 0.15) is 5.75 Å². The number of phenols is 1. The first kappa shape index (κ1) is 20.9. The first-order chi connectivity index (χ1) is 12.5. The quantitative estimate of drug-likeness (QED) is 0.739. The fourth-order valence-electron chi connectivity index (χ4n) is 3.65. The Morgan fingerprint density at radius 2 is 1.54 bits per heavy atom. The summed E-state index contributed by atoms with van der Waals surface area (Å²) < 4.78 is 0. The van der Waals surface area contributed by atoms with Crippen LogP contribution >= 0.6 is 9.24 Å². The van der Waals surface area contributed by atoms with Crippen molar-refractivity contribution in [3.8, 4) is 5.75 Å². The molecule has 3 heteroatoms.